The summed E-state index contributed by atoms with van der Waals surface area (Å²) in [7, 11) is 0. The van der Waals surface area contributed by atoms with E-state index in [1.807, 2.05) is 6.07 Å². The lowest BCUT2D eigenvalue weighted by molar-refractivity contribution is 0.570. The van der Waals surface area contributed by atoms with Crippen LogP contribution in [0.15, 0.2) is 221 Å². The van der Waals surface area contributed by atoms with Gasteiger partial charge >= 0.3 is 0 Å². The summed E-state index contributed by atoms with van der Waals surface area (Å²) in [5.74, 6) is 1.82. The number of rotatable bonds is 10. The van der Waals surface area contributed by atoms with Crippen LogP contribution in [0.2, 0.25) is 0 Å². The zero-order valence-corrected chi connectivity index (χ0v) is 40.8. The van der Waals surface area contributed by atoms with E-state index in [2.05, 4.69) is 231 Å². The number of hydrogen-bond donors (Lipinski definition) is 0. The minimum absolute atomic E-state index is 0.135. The fourth-order valence-corrected chi connectivity index (χ4v) is 11.5. The number of aliphatic imine (C=N–C) groups is 2. The topological polar surface area (TPSA) is 42.8 Å². The summed E-state index contributed by atoms with van der Waals surface area (Å²) < 4.78 is 9.09. The Morgan fingerprint density at radius 1 is 0.653 bits per heavy atom. The van der Waals surface area contributed by atoms with Crippen LogP contribution in [0.4, 0.5) is 0 Å². The number of fused-ring (bicyclic) bond motifs is 6. The van der Waals surface area contributed by atoms with Crippen molar-refractivity contribution >= 4 is 56.5 Å². The monoisotopic (exact) mass is 929 g/mol. The third kappa shape index (κ3) is 8.07. The van der Waals surface area contributed by atoms with Crippen molar-refractivity contribution in [1.82, 2.24) is 4.57 Å². The van der Waals surface area contributed by atoms with Gasteiger partial charge in [-0.05, 0) is 161 Å². The highest BCUT2D eigenvalue weighted by atomic mass is 16.3. The Labute approximate surface area is 421 Å². The lowest BCUT2D eigenvalue weighted by Gasteiger charge is -2.17. The predicted molar refractivity (Wildman–Crippen MR) is 302 cm³/mol. The standard InChI is InChI=1S/C68H55N3O/c1-44-17-14-28-56(66(44)58-27-13-12-26-55(58)48-31-32-48)53-34-37-63-60(42-53)59-40-50(33-36-62(59)71(63)54-24-10-5-11-25-54)51-35-38-64-61(41-51)67-57(29-16-30-65(67)72-64)52-23-15-18-46(39-52)43-69-68(49-21-8-4-9-22-49)70-45(2)47-19-6-3-7-20-47/h3-21,23-30,33-34,36-42,48-49,51H,22,31-32,35,43H2,1-2H3. The molecule has 0 spiro atoms. The van der Waals surface area contributed by atoms with Crippen molar-refractivity contribution in [3.63, 3.8) is 0 Å². The number of amidine groups is 1. The van der Waals surface area contributed by atoms with Gasteiger partial charge in [0.15, 0.2) is 0 Å². The van der Waals surface area contributed by atoms with E-state index in [0.29, 0.717) is 12.5 Å². The van der Waals surface area contributed by atoms with E-state index < -0.39 is 0 Å². The molecule has 4 nitrogen and oxygen atoms in total. The van der Waals surface area contributed by atoms with Crippen LogP contribution in [0, 0.1) is 12.8 Å². The van der Waals surface area contributed by atoms with Gasteiger partial charge < -0.3 is 8.98 Å². The largest absolute Gasteiger partial charge is 0.456 e. The highest BCUT2D eigenvalue weighted by Crippen LogP contribution is 2.47. The molecule has 2 atom stereocenters. The van der Waals surface area contributed by atoms with Crippen LogP contribution in [-0.2, 0) is 6.54 Å². The zero-order chi connectivity index (χ0) is 48.1. The summed E-state index contributed by atoms with van der Waals surface area (Å²) in [5.41, 5.74) is 20.3. The van der Waals surface area contributed by atoms with Gasteiger partial charge in [0.1, 0.15) is 16.8 Å². The SMILES string of the molecule is CC(=NC(=NCc1cccc(-c2cccc3oc4c(c23)=CC(c2ccc3c(c2)c2cc(-c5cccc(C)c5-c5ccccc5C5CC5)ccc2n3-c2ccccc2)CC=4)c1)C1C=CC=CC1)c1ccccc1. The van der Waals surface area contributed by atoms with Crippen molar-refractivity contribution in [1.29, 1.82) is 0 Å². The number of aromatic nitrogens is 1. The van der Waals surface area contributed by atoms with Crippen LogP contribution in [0.3, 0.4) is 0 Å². The lowest BCUT2D eigenvalue weighted by Crippen LogP contribution is -2.25. The fourth-order valence-electron chi connectivity index (χ4n) is 11.5. The first kappa shape index (κ1) is 43.7. The van der Waals surface area contributed by atoms with Crippen LogP contribution >= 0.6 is 0 Å². The normalized spacial score (nSPS) is 16.8. The van der Waals surface area contributed by atoms with E-state index in [1.165, 1.54) is 73.6 Å². The number of hydrogen-bond acceptors (Lipinski definition) is 2. The third-order valence-corrected chi connectivity index (χ3v) is 15.2. The molecule has 13 rings (SSSR count). The molecule has 0 saturated heterocycles. The lowest BCUT2D eigenvalue weighted by atomic mass is 9.87. The Morgan fingerprint density at radius 2 is 1.39 bits per heavy atom. The van der Waals surface area contributed by atoms with Crippen LogP contribution < -0.4 is 10.6 Å². The Kier molecular flexibility index (Phi) is 11.2. The predicted octanol–water partition coefficient (Wildman–Crippen LogP) is 16.0. The molecule has 72 heavy (non-hydrogen) atoms. The van der Waals surface area contributed by atoms with Crippen molar-refractivity contribution in [3.05, 3.63) is 245 Å². The summed E-state index contributed by atoms with van der Waals surface area (Å²) >= 11 is 0. The van der Waals surface area contributed by atoms with Crippen molar-refractivity contribution in [2.75, 3.05) is 0 Å². The molecule has 1 saturated carbocycles. The van der Waals surface area contributed by atoms with Gasteiger partial charge in [-0.15, -0.1) is 0 Å². The Hall–Kier alpha value is -8.34. The van der Waals surface area contributed by atoms with Crippen LogP contribution in [0.1, 0.15) is 72.3 Å². The fraction of sp³-hybridized carbons (Fsp3) is 0.147. The number of nitrogens with zero attached hydrogens (tertiary/aromatic N) is 3. The Morgan fingerprint density at radius 3 is 2.22 bits per heavy atom. The molecular weight excluding hydrogens is 875 g/mol. The minimum atomic E-state index is 0.135. The molecule has 3 aliphatic rings. The molecule has 2 unspecified atom stereocenters. The summed E-state index contributed by atoms with van der Waals surface area (Å²) in [4.78, 5) is 10.3. The number of aryl methyl sites for hydroxylation is 1. The van der Waals surface area contributed by atoms with E-state index in [0.717, 1.165) is 73.9 Å². The van der Waals surface area contributed by atoms with Crippen LogP contribution in [-0.4, -0.2) is 16.1 Å². The van der Waals surface area contributed by atoms with Crippen molar-refractivity contribution in [2.45, 2.75) is 57.9 Å². The highest BCUT2D eigenvalue weighted by molar-refractivity contribution is 6.11. The Bertz CT molecular complexity index is 3990. The van der Waals surface area contributed by atoms with Gasteiger partial charge in [0, 0.05) is 44.6 Å². The molecule has 1 fully saturated rings. The summed E-state index contributed by atoms with van der Waals surface area (Å²) in [6, 6.07) is 66.7. The molecule has 4 heteroatoms. The Balaban J connectivity index is 0.889. The van der Waals surface area contributed by atoms with Gasteiger partial charge in [-0.25, -0.2) is 4.99 Å². The molecule has 348 valence electrons. The molecule has 3 aliphatic carbocycles. The van der Waals surface area contributed by atoms with Crippen molar-refractivity contribution in [3.8, 4) is 39.1 Å². The molecule has 0 amide bonds. The number of furan rings is 1. The van der Waals surface area contributed by atoms with Crippen LogP contribution in [0.5, 0.6) is 0 Å². The summed E-state index contributed by atoms with van der Waals surface area (Å²) in [6.07, 6.45) is 17.7. The first-order valence-corrected chi connectivity index (χ1v) is 25.7. The minimum Gasteiger partial charge on any atom is -0.456 e. The van der Waals surface area contributed by atoms with Gasteiger partial charge in [0.25, 0.3) is 0 Å². The second kappa shape index (κ2) is 18.4. The van der Waals surface area contributed by atoms with Crippen LogP contribution in [0.25, 0.3) is 84.0 Å². The van der Waals surface area contributed by atoms with E-state index >= 15 is 0 Å². The molecule has 0 radical (unpaired) electrons. The molecule has 0 aliphatic heterocycles. The van der Waals surface area contributed by atoms with Gasteiger partial charge in [-0.1, -0.05) is 164 Å². The van der Waals surface area contributed by atoms with Gasteiger partial charge in [-0.2, -0.15) is 0 Å². The maximum atomic E-state index is 6.66. The second-order valence-electron chi connectivity index (χ2n) is 19.9. The van der Waals surface area contributed by atoms with Crippen molar-refractivity contribution in [2.24, 2.45) is 15.9 Å². The number of allylic oxidation sites excluding steroid dienone is 3. The zero-order valence-electron chi connectivity index (χ0n) is 40.8. The molecule has 0 bridgehead atoms. The third-order valence-electron chi connectivity index (χ3n) is 15.2. The molecule has 0 N–H and O–H groups in total. The molecule has 2 aromatic heterocycles. The maximum absolute atomic E-state index is 6.66. The molecular formula is C68H55N3O. The summed E-state index contributed by atoms with van der Waals surface area (Å²) in [5, 5.41) is 4.84. The van der Waals surface area contributed by atoms with Crippen molar-refractivity contribution < 1.29 is 4.42 Å². The van der Waals surface area contributed by atoms with E-state index in [9.17, 15) is 0 Å². The van der Waals surface area contributed by atoms with E-state index in [4.69, 9.17) is 14.4 Å². The molecule has 10 aromatic rings. The van der Waals surface area contributed by atoms with E-state index in [-0.39, 0.29) is 11.8 Å². The summed E-state index contributed by atoms with van der Waals surface area (Å²) in [6.45, 7) is 4.88. The average Bonchev–Trinajstić information content (AvgIpc) is 4.15. The molecule has 8 aromatic carbocycles. The van der Waals surface area contributed by atoms with E-state index in [1.54, 1.807) is 0 Å². The van der Waals surface area contributed by atoms with Gasteiger partial charge in [0.2, 0.25) is 0 Å². The quantitative estimate of drug-likeness (QED) is 0.0995. The maximum Gasteiger partial charge on any atom is 0.136 e. The first-order valence-electron chi connectivity index (χ1n) is 25.7. The molecule has 2 heterocycles. The first-order chi connectivity index (χ1) is 35.5. The number of benzene rings is 8. The number of para-hydroxylation sites is 1. The second-order valence-corrected chi connectivity index (χ2v) is 19.9. The average molecular weight is 930 g/mol. The van der Waals surface area contributed by atoms with Gasteiger partial charge in [0.05, 0.1) is 17.6 Å². The van der Waals surface area contributed by atoms with Gasteiger partial charge in [-0.3, -0.25) is 4.99 Å². The smallest absolute Gasteiger partial charge is 0.136 e. The highest BCUT2D eigenvalue weighted by Gasteiger charge is 2.28.